The molecule has 2 aromatic rings. The molecule has 0 unspecified atom stereocenters. The van der Waals surface area contributed by atoms with Crippen molar-refractivity contribution in [2.75, 3.05) is 25.8 Å². The fourth-order valence-electron chi connectivity index (χ4n) is 2.77. The molecule has 0 aromatic heterocycles. The van der Waals surface area contributed by atoms with Crippen molar-refractivity contribution >= 4 is 23.3 Å². The predicted octanol–water partition coefficient (Wildman–Crippen LogP) is 2.39. The Bertz CT molecular complexity index is 925. The molecule has 2 amide bonds. The van der Waals surface area contributed by atoms with Crippen LogP contribution >= 0.6 is 0 Å². The summed E-state index contributed by atoms with van der Waals surface area (Å²) >= 11 is 0. The smallest absolute Gasteiger partial charge is 0.255 e. The monoisotopic (exact) mass is 384 g/mol. The van der Waals surface area contributed by atoms with E-state index in [4.69, 9.17) is 14.2 Å². The zero-order chi connectivity index (χ0) is 20.1. The number of ketones is 1. The lowest BCUT2D eigenvalue weighted by Gasteiger charge is -2.11. The second kappa shape index (κ2) is 8.43. The molecule has 28 heavy (non-hydrogen) atoms. The molecule has 0 saturated carbocycles. The molecule has 0 spiro atoms. The lowest BCUT2D eigenvalue weighted by Crippen LogP contribution is -2.28. The number of fused-ring (bicyclic) bond motifs is 1. The Morgan fingerprint density at radius 3 is 2.50 bits per heavy atom. The number of carbonyl (C=O) groups excluding carboxylic acids is 3. The molecule has 0 saturated heterocycles. The third kappa shape index (κ3) is 4.22. The maximum Gasteiger partial charge on any atom is 0.255 e. The van der Waals surface area contributed by atoms with Gasteiger partial charge < -0.3 is 24.8 Å². The van der Waals surface area contributed by atoms with E-state index in [0.29, 0.717) is 34.1 Å². The van der Waals surface area contributed by atoms with Gasteiger partial charge in [0.1, 0.15) is 5.75 Å². The van der Waals surface area contributed by atoms with Gasteiger partial charge in [-0.3, -0.25) is 14.4 Å². The first-order valence-corrected chi connectivity index (χ1v) is 8.65. The summed E-state index contributed by atoms with van der Waals surface area (Å²) in [7, 11) is 1.48. The average molecular weight is 384 g/mol. The molecule has 2 aromatic carbocycles. The number of carbonyl (C=O) groups is 3. The van der Waals surface area contributed by atoms with Crippen LogP contribution in [0.1, 0.15) is 34.1 Å². The average Bonchev–Trinajstić information content (AvgIpc) is 3.14. The number of Topliss-reactive ketones (excluding diaryl/α,β-unsaturated/α-hetero) is 1. The number of methoxy groups -OCH3 is 1. The van der Waals surface area contributed by atoms with E-state index in [-0.39, 0.29) is 37.4 Å². The largest absolute Gasteiger partial charge is 0.496 e. The van der Waals surface area contributed by atoms with Gasteiger partial charge in [0.15, 0.2) is 17.3 Å². The zero-order valence-corrected chi connectivity index (χ0v) is 15.5. The standard InChI is InChI=1S/C20H20N2O6/c1-12(23)14-9-17-18(28-11-27-17)10-15(14)22-19(24)7-8-21-20(25)13-5-3-4-6-16(13)26-2/h3-6,9-10H,7-8,11H2,1-2H3,(H,21,25)(H,22,24). The van der Waals surface area contributed by atoms with Crippen LogP contribution in [0.25, 0.3) is 0 Å². The number of rotatable bonds is 7. The lowest BCUT2D eigenvalue weighted by atomic mass is 10.1. The van der Waals surface area contributed by atoms with Crippen LogP contribution in [-0.4, -0.2) is 38.0 Å². The molecule has 3 rings (SSSR count). The van der Waals surface area contributed by atoms with E-state index in [1.54, 1.807) is 36.4 Å². The van der Waals surface area contributed by atoms with Gasteiger partial charge >= 0.3 is 0 Å². The molecule has 2 N–H and O–H groups in total. The Morgan fingerprint density at radius 1 is 1.07 bits per heavy atom. The molecule has 8 heteroatoms. The van der Waals surface area contributed by atoms with Gasteiger partial charge in [0.05, 0.1) is 18.4 Å². The first-order valence-electron chi connectivity index (χ1n) is 8.65. The summed E-state index contributed by atoms with van der Waals surface area (Å²) in [6.45, 7) is 1.60. The van der Waals surface area contributed by atoms with Gasteiger partial charge in [-0.1, -0.05) is 12.1 Å². The summed E-state index contributed by atoms with van der Waals surface area (Å²) in [5, 5.41) is 5.36. The van der Waals surface area contributed by atoms with Gasteiger partial charge in [-0.05, 0) is 25.1 Å². The quantitative estimate of drug-likeness (QED) is 0.711. The third-order valence-corrected chi connectivity index (χ3v) is 4.16. The normalized spacial score (nSPS) is 11.6. The van der Waals surface area contributed by atoms with E-state index in [9.17, 15) is 14.4 Å². The van der Waals surface area contributed by atoms with Crippen LogP contribution in [0.2, 0.25) is 0 Å². The highest BCUT2D eigenvalue weighted by Gasteiger charge is 2.20. The number of hydrogen-bond acceptors (Lipinski definition) is 6. The number of ether oxygens (including phenoxy) is 3. The van der Waals surface area contributed by atoms with E-state index in [0.717, 1.165) is 0 Å². The summed E-state index contributed by atoms with van der Waals surface area (Å²) < 4.78 is 15.7. The summed E-state index contributed by atoms with van der Waals surface area (Å²) in [5.41, 5.74) is 1.06. The van der Waals surface area contributed by atoms with Crippen LogP contribution in [0.15, 0.2) is 36.4 Å². The van der Waals surface area contributed by atoms with Crippen LogP contribution < -0.4 is 24.8 Å². The Balaban J connectivity index is 1.59. The van der Waals surface area contributed by atoms with E-state index < -0.39 is 0 Å². The molecule has 0 bridgehead atoms. The molecule has 0 atom stereocenters. The van der Waals surface area contributed by atoms with Gasteiger partial charge in [-0.25, -0.2) is 0 Å². The minimum Gasteiger partial charge on any atom is -0.496 e. The van der Waals surface area contributed by atoms with Crippen molar-refractivity contribution in [1.82, 2.24) is 5.32 Å². The maximum absolute atomic E-state index is 12.3. The molecular formula is C20H20N2O6. The van der Waals surface area contributed by atoms with Crippen LogP contribution in [0.3, 0.4) is 0 Å². The molecule has 0 aliphatic carbocycles. The summed E-state index contributed by atoms with van der Waals surface area (Å²) in [6.07, 6.45) is 0.0344. The Hall–Kier alpha value is -3.55. The van der Waals surface area contributed by atoms with Gasteiger partial charge in [0.2, 0.25) is 12.7 Å². The molecule has 1 heterocycles. The molecule has 146 valence electrons. The topological polar surface area (TPSA) is 103 Å². The fraction of sp³-hybridized carbons (Fsp3) is 0.250. The molecule has 0 radical (unpaired) electrons. The molecular weight excluding hydrogens is 364 g/mol. The Labute approximate surface area is 161 Å². The second-order valence-corrected chi connectivity index (χ2v) is 6.06. The Morgan fingerprint density at radius 2 is 1.79 bits per heavy atom. The second-order valence-electron chi connectivity index (χ2n) is 6.06. The minimum absolute atomic E-state index is 0.0344. The van der Waals surface area contributed by atoms with Gasteiger partial charge in [-0.2, -0.15) is 0 Å². The highest BCUT2D eigenvalue weighted by molar-refractivity contribution is 6.04. The summed E-state index contributed by atoms with van der Waals surface area (Å²) in [6, 6.07) is 9.92. The van der Waals surface area contributed by atoms with Crippen molar-refractivity contribution in [2.45, 2.75) is 13.3 Å². The third-order valence-electron chi connectivity index (χ3n) is 4.16. The summed E-state index contributed by atoms with van der Waals surface area (Å²) in [4.78, 5) is 36.3. The molecule has 1 aliphatic heterocycles. The van der Waals surface area contributed by atoms with Gasteiger partial charge in [0, 0.05) is 24.6 Å². The van der Waals surface area contributed by atoms with Crippen LogP contribution in [0.4, 0.5) is 5.69 Å². The number of amides is 2. The van der Waals surface area contributed by atoms with Crippen molar-refractivity contribution in [3.8, 4) is 17.2 Å². The molecule has 0 fully saturated rings. The lowest BCUT2D eigenvalue weighted by molar-refractivity contribution is -0.116. The zero-order valence-electron chi connectivity index (χ0n) is 15.5. The number of hydrogen-bond donors (Lipinski definition) is 2. The van der Waals surface area contributed by atoms with E-state index >= 15 is 0 Å². The summed E-state index contributed by atoms with van der Waals surface area (Å²) in [5.74, 6) is 0.491. The van der Waals surface area contributed by atoms with E-state index in [1.165, 1.54) is 14.0 Å². The van der Waals surface area contributed by atoms with Crippen molar-refractivity contribution in [2.24, 2.45) is 0 Å². The van der Waals surface area contributed by atoms with E-state index in [1.807, 2.05) is 0 Å². The fourth-order valence-corrected chi connectivity index (χ4v) is 2.77. The Kier molecular flexibility index (Phi) is 5.78. The molecule has 8 nitrogen and oxygen atoms in total. The highest BCUT2D eigenvalue weighted by Crippen LogP contribution is 2.37. The number of para-hydroxylation sites is 1. The van der Waals surface area contributed by atoms with Crippen LogP contribution in [0.5, 0.6) is 17.2 Å². The van der Waals surface area contributed by atoms with Crippen molar-refractivity contribution in [1.29, 1.82) is 0 Å². The number of nitrogens with one attached hydrogen (secondary N) is 2. The van der Waals surface area contributed by atoms with E-state index in [2.05, 4.69) is 10.6 Å². The highest BCUT2D eigenvalue weighted by atomic mass is 16.7. The first-order chi connectivity index (χ1) is 13.5. The van der Waals surface area contributed by atoms with Gasteiger partial charge in [-0.15, -0.1) is 0 Å². The molecule has 1 aliphatic rings. The van der Waals surface area contributed by atoms with Crippen molar-refractivity contribution < 1.29 is 28.6 Å². The van der Waals surface area contributed by atoms with Crippen LogP contribution in [0, 0.1) is 0 Å². The van der Waals surface area contributed by atoms with Crippen molar-refractivity contribution in [3.63, 3.8) is 0 Å². The number of benzene rings is 2. The maximum atomic E-state index is 12.3. The first kappa shape index (κ1) is 19.2. The van der Waals surface area contributed by atoms with Gasteiger partial charge in [0.25, 0.3) is 5.91 Å². The number of anilines is 1. The van der Waals surface area contributed by atoms with Crippen molar-refractivity contribution in [3.05, 3.63) is 47.5 Å². The SMILES string of the molecule is COc1ccccc1C(=O)NCCC(=O)Nc1cc2c(cc1C(C)=O)OCO2. The van der Waals surface area contributed by atoms with Crippen LogP contribution in [-0.2, 0) is 4.79 Å². The minimum atomic E-state index is -0.346. The predicted molar refractivity (Wildman–Crippen MR) is 101 cm³/mol.